The Kier molecular flexibility index (Phi) is 7.40. The van der Waals surface area contributed by atoms with Crippen LogP contribution in [0.15, 0.2) is 83.8 Å². The molecule has 4 aromatic rings. The van der Waals surface area contributed by atoms with E-state index in [1.807, 2.05) is 56.3 Å². The van der Waals surface area contributed by atoms with E-state index >= 15 is 0 Å². The highest BCUT2D eigenvalue weighted by atomic mass is 32.2. The number of aromatic nitrogens is 1. The van der Waals surface area contributed by atoms with Crippen molar-refractivity contribution in [1.29, 1.82) is 0 Å². The van der Waals surface area contributed by atoms with Gasteiger partial charge in [0.1, 0.15) is 5.82 Å². The van der Waals surface area contributed by atoms with Crippen molar-refractivity contribution in [1.82, 2.24) is 4.98 Å². The van der Waals surface area contributed by atoms with Gasteiger partial charge < -0.3 is 10.6 Å². The van der Waals surface area contributed by atoms with E-state index < -0.39 is 11.7 Å². The summed E-state index contributed by atoms with van der Waals surface area (Å²) in [7, 11) is 0. The number of thiazole rings is 1. The Balaban J connectivity index is 1.35. The zero-order chi connectivity index (χ0) is 24.1. The number of halogens is 1. The van der Waals surface area contributed by atoms with Gasteiger partial charge in [0, 0.05) is 21.0 Å². The Morgan fingerprint density at radius 2 is 1.62 bits per heavy atom. The molecule has 3 aromatic carbocycles. The molecule has 1 heterocycles. The summed E-state index contributed by atoms with van der Waals surface area (Å²) in [6.07, 6.45) is 0. The third kappa shape index (κ3) is 5.70. The number of nitrogens with zero attached hydrogens (tertiary/aromatic N) is 1. The molecule has 0 bridgehead atoms. The number of aryl methyl sites for hydroxylation is 1. The summed E-state index contributed by atoms with van der Waals surface area (Å²) in [5.41, 5.74) is 2.41. The molecule has 0 fully saturated rings. The number of hydrogen-bond acceptors (Lipinski definition) is 5. The minimum absolute atomic E-state index is 0.0147. The molecular weight excluding hydrogens is 469 g/mol. The molecule has 0 radical (unpaired) electrons. The minimum atomic E-state index is -0.571. The third-order valence-corrected chi connectivity index (χ3v) is 6.98. The molecule has 0 aliphatic heterocycles. The molecule has 0 aliphatic rings. The first-order valence-electron chi connectivity index (χ1n) is 10.6. The fourth-order valence-electron chi connectivity index (χ4n) is 3.24. The number of nitrogens with one attached hydrogen (secondary N) is 2. The Morgan fingerprint density at radius 3 is 2.32 bits per heavy atom. The van der Waals surface area contributed by atoms with Crippen molar-refractivity contribution in [3.05, 3.63) is 95.1 Å². The highest BCUT2D eigenvalue weighted by molar-refractivity contribution is 8.00. The molecule has 0 saturated heterocycles. The van der Waals surface area contributed by atoms with E-state index in [-0.39, 0.29) is 16.7 Å². The Labute approximate surface area is 205 Å². The lowest BCUT2D eigenvalue weighted by Gasteiger charge is -2.11. The summed E-state index contributed by atoms with van der Waals surface area (Å²) in [5.74, 6) is -1.23. The van der Waals surface area contributed by atoms with Gasteiger partial charge in [0.05, 0.1) is 16.5 Å². The van der Waals surface area contributed by atoms with Crippen LogP contribution in [-0.2, 0) is 4.79 Å². The van der Waals surface area contributed by atoms with Crippen LogP contribution in [0, 0.1) is 12.7 Å². The fourth-order valence-corrected chi connectivity index (χ4v) is 4.95. The number of anilines is 2. The van der Waals surface area contributed by atoms with Crippen LogP contribution in [0.3, 0.4) is 0 Å². The van der Waals surface area contributed by atoms with Gasteiger partial charge in [-0.15, -0.1) is 23.1 Å². The lowest BCUT2D eigenvalue weighted by atomic mass is 10.1. The summed E-state index contributed by atoms with van der Waals surface area (Å²) in [5, 5.41) is 5.80. The minimum Gasteiger partial charge on any atom is -0.322 e. The molecule has 2 amide bonds. The Morgan fingerprint density at radius 1 is 0.941 bits per heavy atom. The largest absolute Gasteiger partial charge is 0.322 e. The molecule has 5 nitrogen and oxygen atoms in total. The van der Waals surface area contributed by atoms with Gasteiger partial charge in [-0.3, -0.25) is 9.59 Å². The maximum absolute atomic E-state index is 13.8. The van der Waals surface area contributed by atoms with Crippen LogP contribution >= 0.6 is 23.1 Å². The number of benzene rings is 3. The smallest absolute Gasteiger partial charge is 0.258 e. The van der Waals surface area contributed by atoms with Crippen LogP contribution in [0.4, 0.5) is 15.2 Å². The summed E-state index contributed by atoms with van der Waals surface area (Å²) in [6, 6.07) is 22.8. The number of hydrogen-bond donors (Lipinski definition) is 2. The standard InChI is InChI=1S/C26H22FN3O2S2/c1-16-23(18-8-4-3-5-9-18)29-26(34-16)30-24(31)17(2)33-20-14-12-19(13-15-20)28-25(32)21-10-6-7-11-22(21)27/h3-15,17H,1-2H3,(H,28,32)(H,29,30,31). The van der Waals surface area contributed by atoms with Crippen molar-refractivity contribution in [3.63, 3.8) is 0 Å². The van der Waals surface area contributed by atoms with Crippen molar-refractivity contribution in [2.24, 2.45) is 0 Å². The van der Waals surface area contributed by atoms with Gasteiger partial charge in [-0.05, 0) is 50.2 Å². The Bertz CT molecular complexity index is 1310. The SMILES string of the molecule is Cc1sc(NC(=O)C(C)Sc2ccc(NC(=O)c3ccccc3F)cc2)nc1-c1ccccc1. The van der Waals surface area contributed by atoms with Gasteiger partial charge in [-0.1, -0.05) is 42.5 Å². The Hall–Kier alpha value is -3.49. The van der Waals surface area contributed by atoms with Crippen molar-refractivity contribution in [3.8, 4) is 11.3 Å². The molecule has 1 unspecified atom stereocenters. The first-order chi connectivity index (χ1) is 16.4. The summed E-state index contributed by atoms with van der Waals surface area (Å²) >= 11 is 2.85. The van der Waals surface area contributed by atoms with Crippen LogP contribution in [0.1, 0.15) is 22.2 Å². The van der Waals surface area contributed by atoms with E-state index in [9.17, 15) is 14.0 Å². The van der Waals surface area contributed by atoms with Crippen LogP contribution in [0.5, 0.6) is 0 Å². The van der Waals surface area contributed by atoms with E-state index in [4.69, 9.17) is 0 Å². The van der Waals surface area contributed by atoms with Crippen LogP contribution < -0.4 is 10.6 Å². The average molecular weight is 492 g/mol. The molecule has 34 heavy (non-hydrogen) atoms. The monoisotopic (exact) mass is 491 g/mol. The molecule has 8 heteroatoms. The van der Waals surface area contributed by atoms with E-state index in [1.165, 1.54) is 41.3 Å². The lowest BCUT2D eigenvalue weighted by Crippen LogP contribution is -2.22. The lowest BCUT2D eigenvalue weighted by molar-refractivity contribution is -0.115. The number of carbonyl (C=O) groups excluding carboxylic acids is 2. The van der Waals surface area contributed by atoms with Crippen LogP contribution in [0.25, 0.3) is 11.3 Å². The topological polar surface area (TPSA) is 71.1 Å². The van der Waals surface area contributed by atoms with Crippen LogP contribution in [-0.4, -0.2) is 22.0 Å². The molecule has 172 valence electrons. The average Bonchev–Trinajstić information content (AvgIpc) is 3.20. The van der Waals surface area contributed by atoms with Gasteiger partial charge in [0.15, 0.2) is 5.13 Å². The number of carbonyl (C=O) groups is 2. The maximum Gasteiger partial charge on any atom is 0.258 e. The molecule has 1 aromatic heterocycles. The van der Waals surface area contributed by atoms with E-state index in [1.54, 1.807) is 18.2 Å². The fraction of sp³-hybridized carbons (Fsp3) is 0.115. The van der Waals surface area contributed by atoms with Gasteiger partial charge in [-0.25, -0.2) is 9.37 Å². The zero-order valence-electron chi connectivity index (χ0n) is 18.5. The zero-order valence-corrected chi connectivity index (χ0v) is 20.2. The second kappa shape index (κ2) is 10.6. The van der Waals surface area contributed by atoms with Gasteiger partial charge in [0.2, 0.25) is 5.91 Å². The van der Waals surface area contributed by atoms with Gasteiger partial charge >= 0.3 is 0 Å². The molecule has 2 N–H and O–H groups in total. The van der Waals surface area contributed by atoms with Crippen molar-refractivity contribution in [2.75, 3.05) is 10.6 Å². The van der Waals surface area contributed by atoms with Crippen molar-refractivity contribution < 1.29 is 14.0 Å². The van der Waals surface area contributed by atoms with E-state index in [0.29, 0.717) is 10.8 Å². The predicted molar refractivity (Wildman–Crippen MR) is 137 cm³/mol. The third-order valence-electron chi connectivity index (χ3n) is 4.99. The first kappa shape index (κ1) is 23.7. The number of rotatable bonds is 7. The van der Waals surface area contributed by atoms with Crippen molar-refractivity contribution >= 4 is 45.7 Å². The van der Waals surface area contributed by atoms with E-state index in [0.717, 1.165) is 21.0 Å². The highest BCUT2D eigenvalue weighted by Crippen LogP contribution is 2.31. The second-order valence-electron chi connectivity index (χ2n) is 7.50. The number of amides is 2. The predicted octanol–water partition coefficient (Wildman–Crippen LogP) is 6.63. The highest BCUT2D eigenvalue weighted by Gasteiger charge is 2.18. The summed E-state index contributed by atoms with van der Waals surface area (Å²) < 4.78 is 13.8. The van der Waals surface area contributed by atoms with Crippen molar-refractivity contribution in [2.45, 2.75) is 24.0 Å². The maximum atomic E-state index is 13.8. The summed E-state index contributed by atoms with van der Waals surface area (Å²) in [6.45, 7) is 3.81. The number of thioether (sulfide) groups is 1. The molecule has 0 saturated carbocycles. The molecule has 0 aliphatic carbocycles. The van der Waals surface area contributed by atoms with E-state index in [2.05, 4.69) is 15.6 Å². The van der Waals surface area contributed by atoms with Crippen LogP contribution in [0.2, 0.25) is 0 Å². The molecule has 4 rings (SSSR count). The first-order valence-corrected chi connectivity index (χ1v) is 12.3. The molecule has 1 atom stereocenters. The van der Waals surface area contributed by atoms with Gasteiger partial charge in [0.25, 0.3) is 5.91 Å². The molecular formula is C26H22FN3O2S2. The quantitative estimate of drug-likeness (QED) is 0.285. The normalized spacial score (nSPS) is 11.6. The molecule has 0 spiro atoms. The van der Waals surface area contributed by atoms with Gasteiger partial charge in [-0.2, -0.15) is 0 Å². The summed E-state index contributed by atoms with van der Waals surface area (Å²) in [4.78, 5) is 31.5. The second-order valence-corrected chi connectivity index (χ2v) is 10.1.